The second-order valence-electron chi connectivity index (χ2n) is 4.04. The quantitative estimate of drug-likeness (QED) is 0.671. The molecule has 0 aromatic heterocycles. The molecule has 0 saturated heterocycles. The summed E-state index contributed by atoms with van der Waals surface area (Å²) in [6.45, 7) is -0.197. The van der Waals surface area contributed by atoms with Crippen LogP contribution in [0.25, 0.3) is 0 Å². The Hall–Kier alpha value is -2.17. The van der Waals surface area contributed by atoms with Crippen molar-refractivity contribution in [2.45, 2.75) is 6.61 Å². The molecule has 5 heteroatoms. The molecule has 20 heavy (non-hydrogen) atoms. The molecule has 1 amide bonds. The second kappa shape index (κ2) is 6.84. The van der Waals surface area contributed by atoms with Gasteiger partial charge in [0.15, 0.2) is 0 Å². The van der Waals surface area contributed by atoms with Crippen molar-refractivity contribution < 1.29 is 9.90 Å². The van der Waals surface area contributed by atoms with E-state index in [-0.39, 0.29) is 12.5 Å². The highest BCUT2D eigenvalue weighted by atomic mass is 35.5. The van der Waals surface area contributed by atoms with Crippen LogP contribution in [-0.4, -0.2) is 17.2 Å². The van der Waals surface area contributed by atoms with Crippen molar-refractivity contribution in [2.24, 2.45) is 5.10 Å². The van der Waals surface area contributed by atoms with E-state index < -0.39 is 0 Å². The number of hydrazone groups is 1. The van der Waals surface area contributed by atoms with Crippen LogP contribution in [0.15, 0.2) is 53.6 Å². The van der Waals surface area contributed by atoms with E-state index in [1.165, 1.54) is 6.21 Å². The van der Waals surface area contributed by atoms with Gasteiger partial charge in [0.25, 0.3) is 5.91 Å². The van der Waals surface area contributed by atoms with Crippen LogP contribution in [0.1, 0.15) is 21.5 Å². The number of halogens is 1. The fraction of sp³-hybridized carbons (Fsp3) is 0.0667. The Labute approximate surface area is 121 Å². The molecule has 0 spiro atoms. The van der Waals surface area contributed by atoms with E-state index in [2.05, 4.69) is 10.5 Å². The van der Waals surface area contributed by atoms with Crippen LogP contribution >= 0.6 is 11.6 Å². The highest BCUT2D eigenvalue weighted by molar-refractivity contribution is 6.33. The number of nitrogens with one attached hydrogen (secondary N) is 1. The van der Waals surface area contributed by atoms with Crippen molar-refractivity contribution in [3.05, 3.63) is 70.2 Å². The van der Waals surface area contributed by atoms with Gasteiger partial charge < -0.3 is 5.11 Å². The maximum atomic E-state index is 11.9. The van der Waals surface area contributed by atoms with Gasteiger partial charge in [-0.1, -0.05) is 48.0 Å². The van der Waals surface area contributed by atoms with Crippen molar-refractivity contribution in [2.75, 3.05) is 0 Å². The zero-order valence-corrected chi connectivity index (χ0v) is 11.3. The van der Waals surface area contributed by atoms with Gasteiger partial charge in [-0.15, -0.1) is 0 Å². The first kappa shape index (κ1) is 14.2. The lowest BCUT2D eigenvalue weighted by Gasteiger charge is -2.05. The third-order valence-corrected chi connectivity index (χ3v) is 3.05. The number of rotatable bonds is 4. The zero-order chi connectivity index (χ0) is 14.4. The fourth-order valence-corrected chi connectivity index (χ4v) is 1.86. The van der Waals surface area contributed by atoms with Gasteiger partial charge in [0, 0.05) is 16.1 Å². The lowest BCUT2D eigenvalue weighted by atomic mass is 10.1. The standard InChI is InChI=1S/C15H13ClN2O2/c16-14-8-4-2-5-11(14)9-17-18-15(20)13-7-3-1-6-12(13)10-19/h1-9,19H,10H2,(H,18,20)/b17-9-. The number of carbonyl (C=O) groups excluding carboxylic acids is 1. The Morgan fingerprint density at radius 3 is 2.65 bits per heavy atom. The number of carbonyl (C=O) groups is 1. The Kier molecular flexibility index (Phi) is 4.87. The van der Waals surface area contributed by atoms with Crippen molar-refractivity contribution in [3.8, 4) is 0 Å². The molecular formula is C15H13ClN2O2. The van der Waals surface area contributed by atoms with Gasteiger partial charge in [-0.3, -0.25) is 4.79 Å². The molecule has 0 bridgehead atoms. The minimum Gasteiger partial charge on any atom is -0.392 e. The molecule has 0 aliphatic heterocycles. The normalized spacial score (nSPS) is 10.7. The highest BCUT2D eigenvalue weighted by Crippen LogP contribution is 2.12. The fourth-order valence-electron chi connectivity index (χ4n) is 1.68. The number of aliphatic hydroxyl groups excluding tert-OH is 1. The van der Waals surface area contributed by atoms with Crippen molar-refractivity contribution in [1.82, 2.24) is 5.43 Å². The van der Waals surface area contributed by atoms with E-state index >= 15 is 0 Å². The second-order valence-corrected chi connectivity index (χ2v) is 4.44. The maximum absolute atomic E-state index is 11.9. The van der Waals surface area contributed by atoms with Crippen LogP contribution in [0, 0.1) is 0 Å². The molecule has 0 aliphatic carbocycles. The summed E-state index contributed by atoms with van der Waals surface area (Å²) in [7, 11) is 0. The molecule has 0 unspecified atom stereocenters. The molecule has 0 saturated carbocycles. The molecule has 2 aromatic rings. The number of nitrogens with zero attached hydrogens (tertiary/aromatic N) is 1. The van der Waals surface area contributed by atoms with E-state index in [0.717, 1.165) is 0 Å². The van der Waals surface area contributed by atoms with Gasteiger partial charge in [-0.25, -0.2) is 5.43 Å². The van der Waals surface area contributed by atoms with E-state index in [1.807, 2.05) is 12.1 Å². The summed E-state index contributed by atoms with van der Waals surface area (Å²) >= 11 is 5.97. The minimum atomic E-state index is -0.377. The summed E-state index contributed by atoms with van der Waals surface area (Å²) in [5.74, 6) is -0.377. The molecule has 0 atom stereocenters. The van der Waals surface area contributed by atoms with Crippen LogP contribution in [0.4, 0.5) is 0 Å². The van der Waals surface area contributed by atoms with Gasteiger partial charge in [0.05, 0.1) is 12.8 Å². The van der Waals surface area contributed by atoms with Crippen LogP contribution < -0.4 is 5.43 Å². The van der Waals surface area contributed by atoms with E-state index in [9.17, 15) is 9.90 Å². The molecule has 0 heterocycles. The van der Waals surface area contributed by atoms with Crippen molar-refractivity contribution in [3.63, 3.8) is 0 Å². The van der Waals surface area contributed by atoms with E-state index in [1.54, 1.807) is 36.4 Å². The van der Waals surface area contributed by atoms with Crippen LogP contribution in [0.2, 0.25) is 5.02 Å². The number of hydrogen-bond donors (Lipinski definition) is 2. The van der Waals surface area contributed by atoms with Gasteiger partial charge in [0.1, 0.15) is 0 Å². The largest absolute Gasteiger partial charge is 0.392 e. The van der Waals surface area contributed by atoms with Crippen molar-refractivity contribution in [1.29, 1.82) is 0 Å². The molecule has 0 fully saturated rings. The van der Waals surface area contributed by atoms with Gasteiger partial charge >= 0.3 is 0 Å². The topological polar surface area (TPSA) is 61.7 Å². The third kappa shape index (κ3) is 3.44. The Balaban J connectivity index is 2.07. The molecule has 4 nitrogen and oxygen atoms in total. The third-order valence-electron chi connectivity index (χ3n) is 2.71. The summed E-state index contributed by atoms with van der Waals surface area (Å²) < 4.78 is 0. The molecule has 2 rings (SSSR count). The number of amides is 1. The Bertz CT molecular complexity index is 641. The predicted octanol–water partition coefficient (Wildman–Crippen LogP) is 2.60. The van der Waals surface area contributed by atoms with E-state index in [4.69, 9.17) is 11.6 Å². The molecule has 102 valence electrons. The van der Waals surface area contributed by atoms with Gasteiger partial charge in [-0.05, 0) is 17.7 Å². The number of benzene rings is 2. The van der Waals surface area contributed by atoms with Gasteiger partial charge in [-0.2, -0.15) is 5.10 Å². The Morgan fingerprint density at radius 1 is 1.20 bits per heavy atom. The molecule has 2 aromatic carbocycles. The first-order valence-electron chi connectivity index (χ1n) is 5.99. The summed E-state index contributed by atoms with van der Waals surface area (Å²) in [5, 5.41) is 13.6. The average Bonchev–Trinajstić information content (AvgIpc) is 2.49. The molecule has 2 N–H and O–H groups in total. The van der Waals surface area contributed by atoms with Crippen LogP contribution in [0.3, 0.4) is 0 Å². The minimum absolute atomic E-state index is 0.197. The average molecular weight is 289 g/mol. The van der Waals surface area contributed by atoms with Crippen molar-refractivity contribution >= 4 is 23.7 Å². The highest BCUT2D eigenvalue weighted by Gasteiger charge is 2.08. The lowest BCUT2D eigenvalue weighted by Crippen LogP contribution is -2.19. The first-order chi connectivity index (χ1) is 9.72. The monoisotopic (exact) mass is 288 g/mol. The first-order valence-corrected chi connectivity index (χ1v) is 6.37. The number of hydrogen-bond acceptors (Lipinski definition) is 3. The van der Waals surface area contributed by atoms with Crippen LogP contribution in [-0.2, 0) is 6.61 Å². The molecule has 0 radical (unpaired) electrons. The van der Waals surface area contributed by atoms with E-state index in [0.29, 0.717) is 21.7 Å². The molecule has 0 aliphatic rings. The zero-order valence-electron chi connectivity index (χ0n) is 10.6. The SMILES string of the molecule is O=C(N/N=C\c1ccccc1Cl)c1ccccc1CO. The van der Waals surface area contributed by atoms with Gasteiger partial charge in [0.2, 0.25) is 0 Å². The van der Waals surface area contributed by atoms with Crippen LogP contribution in [0.5, 0.6) is 0 Å². The summed E-state index contributed by atoms with van der Waals surface area (Å²) in [6, 6.07) is 14.0. The Morgan fingerprint density at radius 2 is 1.90 bits per heavy atom. The smallest absolute Gasteiger partial charge is 0.271 e. The number of aliphatic hydroxyl groups is 1. The lowest BCUT2D eigenvalue weighted by molar-refractivity contribution is 0.0952. The summed E-state index contributed by atoms with van der Waals surface area (Å²) in [4.78, 5) is 11.9. The predicted molar refractivity (Wildman–Crippen MR) is 78.9 cm³/mol. The summed E-state index contributed by atoms with van der Waals surface area (Å²) in [6.07, 6.45) is 1.47. The molecular weight excluding hydrogens is 276 g/mol. The summed E-state index contributed by atoms with van der Waals surface area (Å²) in [5.41, 5.74) is 4.07. The maximum Gasteiger partial charge on any atom is 0.271 e.